The summed E-state index contributed by atoms with van der Waals surface area (Å²) < 4.78 is 5.15. The molecule has 2 aromatic heterocycles. The van der Waals surface area contributed by atoms with E-state index >= 15 is 0 Å². The summed E-state index contributed by atoms with van der Waals surface area (Å²) in [6.07, 6.45) is 0. The first-order valence-electron chi connectivity index (χ1n) is 7.92. The molecule has 0 aliphatic carbocycles. The molecule has 0 radical (unpaired) electrons. The number of aryl methyl sites for hydroxylation is 1. The minimum atomic E-state index is -0.630. The highest BCUT2D eigenvalue weighted by Crippen LogP contribution is 2.34. The molecule has 0 saturated heterocycles. The lowest BCUT2D eigenvalue weighted by atomic mass is 10.0. The van der Waals surface area contributed by atoms with Gasteiger partial charge in [0, 0.05) is 23.3 Å². The van der Waals surface area contributed by atoms with Crippen LogP contribution in [0.2, 0.25) is 0 Å². The van der Waals surface area contributed by atoms with E-state index in [1.165, 1.54) is 0 Å². The largest absolute Gasteiger partial charge is 0.505 e. The van der Waals surface area contributed by atoms with Gasteiger partial charge in [-0.15, -0.1) is 5.10 Å². The van der Waals surface area contributed by atoms with E-state index in [0.717, 1.165) is 10.9 Å². The Morgan fingerprint density at radius 1 is 1.00 bits per heavy atom. The summed E-state index contributed by atoms with van der Waals surface area (Å²) in [5.74, 6) is -0.510. The smallest absolute Gasteiger partial charge is 0.322 e. The second kappa shape index (κ2) is 6.29. The van der Waals surface area contributed by atoms with Crippen LogP contribution in [0.4, 0.5) is 6.01 Å². The van der Waals surface area contributed by atoms with Gasteiger partial charge in [-0.1, -0.05) is 59.7 Å². The van der Waals surface area contributed by atoms with Crippen molar-refractivity contribution in [1.82, 2.24) is 15.2 Å². The Balaban J connectivity index is 1.87. The topological polar surface area (TPSA) is 101 Å². The second-order valence-corrected chi connectivity index (χ2v) is 5.65. The first-order valence-corrected chi connectivity index (χ1v) is 7.92. The van der Waals surface area contributed by atoms with Crippen molar-refractivity contribution in [1.29, 1.82) is 0 Å². The molecule has 2 heterocycles. The summed E-state index contributed by atoms with van der Waals surface area (Å²) in [5, 5.41) is 21.7. The van der Waals surface area contributed by atoms with Gasteiger partial charge in [-0.25, -0.2) is 4.98 Å². The number of hydrogen-bond donors (Lipinski definition) is 2. The standard InChI is InChI=1S/C19H14N4O3/c1-11-22-23-19(26-11)21-18(25)16-17(24)14-10-6-5-9-13(14)15(20-16)12-7-3-2-4-8-12/h2-10,24H,1H3,(H,21,23,25). The molecule has 0 bridgehead atoms. The van der Waals surface area contributed by atoms with Crippen LogP contribution < -0.4 is 5.32 Å². The van der Waals surface area contributed by atoms with Crippen LogP contribution in [0.5, 0.6) is 5.75 Å². The minimum absolute atomic E-state index is 0.0527. The first kappa shape index (κ1) is 15.8. The number of amides is 1. The van der Waals surface area contributed by atoms with Crippen LogP contribution in [-0.4, -0.2) is 26.2 Å². The Labute approximate surface area is 148 Å². The Bertz CT molecular complexity index is 1110. The van der Waals surface area contributed by atoms with Gasteiger partial charge in [0.25, 0.3) is 5.91 Å². The van der Waals surface area contributed by atoms with E-state index in [1.807, 2.05) is 42.5 Å². The third-order valence-electron chi connectivity index (χ3n) is 3.89. The molecule has 2 N–H and O–H groups in total. The first-order chi connectivity index (χ1) is 12.6. The lowest BCUT2D eigenvalue weighted by Crippen LogP contribution is -2.15. The number of carbonyl (C=O) groups is 1. The normalized spacial score (nSPS) is 10.8. The average Bonchev–Trinajstić information content (AvgIpc) is 3.07. The molecule has 4 rings (SSSR count). The number of aromatic hydroxyl groups is 1. The van der Waals surface area contributed by atoms with E-state index in [9.17, 15) is 9.90 Å². The molecule has 1 amide bonds. The summed E-state index contributed by atoms with van der Waals surface area (Å²) >= 11 is 0. The number of aromatic nitrogens is 3. The van der Waals surface area contributed by atoms with Crippen LogP contribution in [-0.2, 0) is 0 Å². The quantitative estimate of drug-likeness (QED) is 0.588. The molecular formula is C19H14N4O3. The fraction of sp³-hybridized carbons (Fsp3) is 0.0526. The molecule has 0 fully saturated rings. The number of nitrogens with one attached hydrogen (secondary N) is 1. The lowest BCUT2D eigenvalue weighted by Gasteiger charge is -2.11. The zero-order valence-corrected chi connectivity index (χ0v) is 13.8. The number of benzene rings is 2. The monoisotopic (exact) mass is 346 g/mol. The average molecular weight is 346 g/mol. The van der Waals surface area contributed by atoms with Crippen LogP contribution >= 0.6 is 0 Å². The number of pyridine rings is 1. The Hall–Kier alpha value is -3.74. The van der Waals surface area contributed by atoms with Crippen LogP contribution in [0.15, 0.2) is 59.0 Å². The van der Waals surface area contributed by atoms with Gasteiger partial charge in [-0.05, 0) is 0 Å². The van der Waals surface area contributed by atoms with Crippen molar-refractivity contribution in [2.24, 2.45) is 0 Å². The highest BCUT2D eigenvalue weighted by molar-refractivity contribution is 6.10. The molecule has 0 unspecified atom stereocenters. The lowest BCUT2D eigenvalue weighted by molar-refractivity contribution is 0.101. The summed E-state index contributed by atoms with van der Waals surface area (Å²) in [5.41, 5.74) is 1.33. The molecule has 128 valence electrons. The van der Waals surface area contributed by atoms with Crippen molar-refractivity contribution in [3.8, 4) is 17.0 Å². The van der Waals surface area contributed by atoms with Gasteiger partial charge in [-0.3, -0.25) is 10.1 Å². The van der Waals surface area contributed by atoms with Crippen LogP contribution in [0.3, 0.4) is 0 Å². The molecule has 0 saturated carbocycles. The van der Waals surface area contributed by atoms with Gasteiger partial charge in [0.15, 0.2) is 11.4 Å². The summed E-state index contributed by atoms with van der Waals surface area (Å²) in [6, 6.07) is 16.7. The van der Waals surface area contributed by atoms with Crippen LogP contribution in [0.1, 0.15) is 16.4 Å². The van der Waals surface area contributed by atoms with Crippen LogP contribution in [0, 0.1) is 6.92 Å². The van der Waals surface area contributed by atoms with E-state index in [2.05, 4.69) is 20.5 Å². The molecule has 7 heteroatoms. The second-order valence-electron chi connectivity index (χ2n) is 5.65. The van der Waals surface area contributed by atoms with Crippen molar-refractivity contribution in [2.75, 3.05) is 5.32 Å². The fourth-order valence-corrected chi connectivity index (χ4v) is 2.73. The molecule has 2 aromatic carbocycles. The predicted octanol–water partition coefficient (Wildman–Crippen LogP) is 3.55. The Morgan fingerprint density at radius 2 is 1.69 bits per heavy atom. The van der Waals surface area contributed by atoms with Gasteiger partial charge in [-0.2, -0.15) is 0 Å². The van der Waals surface area contributed by atoms with Gasteiger partial charge in [0.05, 0.1) is 5.69 Å². The van der Waals surface area contributed by atoms with Crippen LogP contribution in [0.25, 0.3) is 22.0 Å². The van der Waals surface area contributed by atoms with E-state index < -0.39 is 5.91 Å². The van der Waals surface area contributed by atoms with Crippen molar-refractivity contribution in [3.63, 3.8) is 0 Å². The SMILES string of the molecule is Cc1nnc(NC(=O)c2nc(-c3ccccc3)c3ccccc3c2O)o1. The maximum Gasteiger partial charge on any atom is 0.322 e. The van der Waals surface area contributed by atoms with Gasteiger partial charge in [0.1, 0.15) is 0 Å². The fourth-order valence-electron chi connectivity index (χ4n) is 2.73. The van der Waals surface area contributed by atoms with E-state index in [4.69, 9.17) is 4.42 Å². The Kier molecular flexibility index (Phi) is 3.81. The summed E-state index contributed by atoms with van der Waals surface area (Å²) in [4.78, 5) is 17.0. The third-order valence-corrected chi connectivity index (χ3v) is 3.89. The number of fused-ring (bicyclic) bond motifs is 1. The van der Waals surface area contributed by atoms with Gasteiger partial charge in [0.2, 0.25) is 5.89 Å². The highest BCUT2D eigenvalue weighted by atomic mass is 16.4. The molecule has 4 aromatic rings. The van der Waals surface area contributed by atoms with Crippen molar-refractivity contribution < 1.29 is 14.3 Å². The van der Waals surface area contributed by atoms with Gasteiger partial charge >= 0.3 is 6.01 Å². The summed E-state index contributed by atoms with van der Waals surface area (Å²) in [6.45, 7) is 1.61. The number of hydrogen-bond acceptors (Lipinski definition) is 6. The number of anilines is 1. The maximum absolute atomic E-state index is 12.6. The summed E-state index contributed by atoms with van der Waals surface area (Å²) in [7, 11) is 0. The Morgan fingerprint density at radius 3 is 2.38 bits per heavy atom. The molecule has 0 aliphatic heterocycles. The maximum atomic E-state index is 12.6. The number of rotatable bonds is 3. The molecule has 0 atom stereocenters. The zero-order chi connectivity index (χ0) is 18.1. The molecule has 26 heavy (non-hydrogen) atoms. The third kappa shape index (κ3) is 2.75. The van der Waals surface area contributed by atoms with Crippen molar-refractivity contribution >= 4 is 22.7 Å². The molecule has 7 nitrogen and oxygen atoms in total. The zero-order valence-electron chi connectivity index (χ0n) is 13.8. The van der Waals surface area contributed by atoms with Gasteiger partial charge < -0.3 is 9.52 Å². The number of carbonyl (C=O) groups excluding carboxylic acids is 1. The highest BCUT2D eigenvalue weighted by Gasteiger charge is 2.21. The number of nitrogens with zero attached hydrogens (tertiary/aromatic N) is 3. The molecular weight excluding hydrogens is 332 g/mol. The molecule has 0 spiro atoms. The van der Waals surface area contributed by atoms with E-state index in [0.29, 0.717) is 17.0 Å². The van der Waals surface area contributed by atoms with Crippen molar-refractivity contribution in [2.45, 2.75) is 6.92 Å². The predicted molar refractivity (Wildman–Crippen MR) is 95.8 cm³/mol. The minimum Gasteiger partial charge on any atom is -0.505 e. The van der Waals surface area contributed by atoms with E-state index in [-0.39, 0.29) is 17.5 Å². The van der Waals surface area contributed by atoms with E-state index in [1.54, 1.807) is 19.1 Å². The molecule has 0 aliphatic rings. The van der Waals surface area contributed by atoms with Crippen molar-refractivity contribution in [3.05, 3.63) is 66.2 Å².